The molecule has 4 rings (SSSR count). The summed E-state index contributed by atoms with van der Waals surface area (Å²) in [7, 11) is 1.57. The molecule has 0 unspecified atom stereocenters. The highest BCUT2D eigenvalue weighted by molar-refractivity contribution is 6.22. The fraction of sp³-hybridized carbons (Fsp3) is 0.0909. The number of fused-ring (bicyclic) bond motifs is 1. The number of hydrogen-bond donors (Lipinski definition) is 1. The highest BCUT2D eigenvalue weighted by Crippen LogP contribution is 2.26. The topological polar surface area (TPSA) is 88.6 Å². The SMILES string of the molecule is COc1ccc(CN2C(=O)c3ccc(C(=O)Nc4ccccn4)cc3C2=O)cc1. The molecule has 0 aliphatic carbocycles. The van der Waals surface area contributed by atoms with Crippen LogP contribution in [0.3, 0.4) is 0 Å². The van der Waals surface area contributed by atoms with E-state index in [4.69, 9.17) is 4.74 Å². The Morgan fingerprint density at radius 2 is 1.76 bits per heavy atom. The summed E-state index contributed by atoms with van der Waals surface area (Å²) in [4.78, 5) is 43.2. The van der Waals surface area contributed by atoms with Crippen molar-refractivity contribution >= 4 is 23.5 Å². The molecule has 0 bridgehead atoms. The standard InChI is InChI=1S/C22H17N3O4/c1-29-16-8-5-14(6-9-16)13-25-21(27)17-10-7-15(12-18(17)22(25)28)20(26)24-19-4-2-3-11-23-19/h2-12H,13H2,1H3,(H,23,24,26). The third-order valence-corrected chi connectivity index (χ3v) is 4.64. The molecule has 0 radical (unpaired) electrons. The summed E-state index contributed by atoms with van der Waals surface area (Å²) < 4.78 is 5.12. The van der Waals surface area contributed by atoms with Gasteiger partial charge in [0.15, 0.2) is 0 Å². The molecule has 2 heterocycles. The first-order valence-corrected chi connectivity index (χ1v) is 8.92. The van der Waals surface area contributed by atoms with Crippen molar-refractivity contribution in [2.24, 2.45) is 0 Å². The van der Waals surface area contributed by atoms with Gasteiger partial charge in [-0.25, -0.2) is 4.98 Å². The maximum atomic E-state index is 12.8. The number of aromatic nitrogens is 1. The summed E-state index contributed by atoms with van der Waals surface area (Å²) in [5.41, 5.74) is 1.59. The Hall–Kier alpha value is -4.00. The summed E-state index contributed by atoms with van der Waals surface area (Å²) in [5, 5.41) is 2.67. The summed E-state index contributed by atoms with van der Waals surface area (Å²) >= 11 is 0. The van der Waals surface area contributed by atoms with Crippen LogP contribution < -0.4 is 10.1 Å². The van der Waals surface area contributed by atoms with Crippen LogP contribution in [0, 0.1) is 0 Å². The Morgan fingerprint density at radius 3 is 2.45 bits per heavy atom. The lowest BCUT2D eigenvalue weighted by Gasteiger charge is -2.14. The third kappa shape index (κ3) is 3.58. The lowest BCUT2D eigenvalue weighted by molar-refractivity contribution is 0.0642. The van der Waals surface area contributed by atoms with Gasteiger partial charge in [-0.1, -0.05) is 18.2 Å². The zero-order valence-electron chi connectivity index (χ0n) is 15.6. The van der Waals surface area contributed by atoms with Gasteiger partial charge in [-0.15, -0.1) is 0 Å². The van der Waals surface area contributed by atoms with Crippen molar-refractivity contribution in [3.8, 4) is 5.75 Å². The van der Waals surface area contributed by atoms with E-state index in [1.807, 2.05) is 0 Å². The molecule has 144 valence electrons. The second-order valence-electron chi connectivity index (χ2n) is 6.47. The van der Waals surface area contributed by atoms with Gasteiger partial charge in [-0.3, -0.25) is 19.3 Å². The second kappa shape index (κ2) is 7.55. The molecule has 7 nitrogen and oxygen atoms in total. The first kappa shape index (κ1) is 18.4. The van der Waals surface area contributed by atoms with Crippen molar-refractivity contribution in [1.82, 2.24) is 9.88 Å². The van der Waals surface area contributed by atoms with Crippen LogP contribution >= 0.6 is 0 Å². The number of benzene rings is 2. The Morgan fingerprint density at radius 1 is 1.00 bits per heavy atom. The van der Waals surface area contributed by atoms with Crippen molar-refractivity contribution in [3.05, 3.63) is 89.1 Å². The normalized spacial score (nSPS) is 12.7. The van der Waals surface area contributed by atoms with Crippen molar-refractivity contribution in [2.45, 2.75) is 6.54 Å². The minimum Gasteiger partial charge on any atom is -0.497 e. The van der Waals surface area contributed by atoms with E-state index in [1.54, 1.807) is 55.8 Å². The second-order valence-corrected chi connectivity index (χ2v) is 6.47. The third-order valence-electron chi connectivity index (χ3n) is 4.64. The van der Waals surface area contributed by atoms with Crippen LogP contribution in [0.2, 0.25) is 0 Å². The number of rotatable bonds is 5. The van der Waals surface area contributed by atoms with Crippen LogP contribution in [0.1, 0.15) is 36.6 Å². The summed E-state index contributed by atoms with van der Waals surface area (Å²) in [6, 6.07) is 16.8. The summed E-state index contributed by atoms with van der Waals surface area (Å²) in [6.07, 6.45) is 1.57. The van der Waals surface area contributed by atoms with Gasteiger partial charge in [0, 0.05) is 11.8 Å². The van der Waals surface area contributed by atoms with Crippen molar-refractivity contribution < 1.29 is 19.1 Å². The highest BCUT2D eigenvalue weighted by Gasteiger charge is 2.36. The molecule has 0 saturated heterocycles. The van der Waals surface area contributed by atoms with E-state index in [-0.39, 0.29) is 29.1 Å². The van der Waals surface area contributed by atoms with E-state index in [2.05, 4.69) is 10.3 Å². The zero-order valence-corrected chi connectivity index (χ0v) is 15.6. The van der Waals surface area contributed by atoms with Crippen molar-refractivity contribution in [3.63, 3.8) is 0 Å². The Balaban J connectivity index is 1.54. The number of anilines is 1. The Labute approximate surface area is 166 Å². The van der Waals surface area contributed by atoms with Gasteiger partial charge in [-0.2, -0.15) is 0 Å². The number of amides is 3. The molecule has 0 atom stereocenters. The molecule has 3 aromatic rings. The number of nitrogens with zero attached hydrogens (tertiary/aromatic N) is 2. The predicted molar refractivity (Wildman–Crippen MR) is 106 cm³/mol. The van der Waals surface area contributed by atoms with Gasteiger partial charge in [0.25, 0.3) is 17.7 Å². The molecule has 1 aliphatic rings. The molecule has 3 amide bonds. The van der Waals surface area contributed by atoms with Gasteiger partial charge in [0.05, 0.1) is 24.8 Å². The van der Waals surface area contributed by atoms with Crippen LogP contribution in [-0.2, 0) is 6.54 Å². The fourth-order valence-corrected chi connectivity index (χ4v) is 3.11. The molecule has 2 aromatic carbocycles. The van der Waals surface area contributed by atoms with Crippen LogP contribution in [0.4, 0.5) is 5.82 Å². The lowest BCUT2D eigenvalue weighted by atomic mass is 10.1. The van der Waals surface area contributed by atoms with Gasteiger partial charge >= 0.3 is 0 Å². The molecular formula is C22H17N3O4. The van der Waals surface area contributed by atoms with Gasteiger partial charge in [0.1, 0.15) is 11.6 Å². The number of imide groups is 1. The molecule has 29 heavy (non-hydrogen) atoms. The molecular weight excluding hydrogens is 370 g/mol. The molecule has 7 heteroatoms. The number of ether oxygens (including phenoxy) is 1. The summed E-state index contributed by atoms with van der Waals surface area (Å²) in [5.74, 6) is -0.104. The summed E-state index contributed by atoms with van der Waals surface area (Å²) in [6.45, 7) is 0.145. The molecule has 1 aromatic heterocycles. The monoisotopic (exact) mass is 387 g/mol. The van der Waals surface area contributed by atoms with E-state index in [0.717, 1.165) is 5.56 Å². The Bertz CT molecular complexity index is 1090. The van der Waals surface area contributed by atoms with Crippen LogP contribution in [0.15, 0.2) is 66.9 Å². The molecule has 1 N–H and O–H groups in total. The molecule has 0 spiro atoms. The average molecular weight is 387 g/mol. The maximum Gasteiger partial charge on any atom is 0.261 e. The maximum absolute atomic E-state index is 12.8. The molecule has 0 saturated carbocycles. The van der Waals surface area contributed by atoms with Crippen molar-refractivity contribution in [1.29, 1.82) is 0 Å². The lowest BCUT2D eigenvalue weighted by Crippen LogP contribution is -2.29. The van der Waals surface area contributed by atoms with E-state index in [1.165, 1.54) is 23.1 Å². The number of hydrogen-bond acceptors (Lipinski definition) is 5. The highest BCUT2D eigenvalue weighted by atomic mass is 16.5. The smallest absolute Gasteiger partial charge is 0.261 e. The largest absolute Gasteiger partial charge is 0.497 e. The number of methoxy groups -OCH3 is 1. The van der Waals surface area contributed by atoms with Gasteiger partial charge < -0.3 is 10.1 Å². The minimum absolute atomic E-state index is 0.145. The van der Waals surface area contributed by atoms with E-state index in [9.17, 15) is 14.4 Å². The van der Waals surface area contributed by atoms with Crippen molar-refractivity contribution in [2.75, 3.05) is 12.4 Å². The minimum atomic E-state index is -0.423. The van der Waals surface area contributed by atoms with Crippen LogP contribution in [0.5, 0.6) is 5.75 Å². The van der Waals surface area contributed by atoms with E-state index < -0.39 is 11.8 Å². The Kier molecular flexibility index (Phi) is 4.78. The quantitative estimate of drug-likeness (QED) is 0.680. The first-order chi connectivity index (χ1) is 14.1. The van der Waals surface area contributed by atoms with Gasteiger partial charge in [0.2, 0.25) is 0 Å². The van der Waals surface area contributed by atoms with E-state index in [0.29, 0.717) is 11.6 Å². The first-order valence-electron chi connectivity index (χ1n) is 8.92. The van der Waals surface area contributed by atoms with Crippen LogP contribution in [0.25, 0.3) is 0 Å². The van der Waals surface area contributed by atoms with E-state index >= 15 is 0 Å². The van der Waals surface area contributed by atoms with Gasteiger partial charge in [-0.05, 0) is 48.0 Å². The zero-order chi connectivity index (χ0) is 20.4. The van der Waals surface area contributed by atoms with Crippen LogP contribution in [-0.4, -0.2) is 34.7 Å². The predicted octanol–water partition coefficient (Wildman–Crippen LogP) is 3.14. The number of carbonyl (C=O) groups is 3. The average Bonchev–Trinajstić information content (AvgIpc) is 2.99. The number of pyridine rings is 1. The molecule has 1 aliphatic heterocycles. The molecule has 0 fully saturated rings. The number of carbonyl (C=O) groups excluding carboxylic acids is 3. The fourth-order valence-electron chi connectivity index (χ4n) is 3.11. The number of nitrogens with one attached hydrogen (secondary N) is 1.